The molecule has 0 aliphatic rings. The minimum Gasteiger partial charge on any atom is -0.384 e. The van der Waals surface area contributed by atoms with Crippen molar-refractivity contribution < 1.29 is 0 Å². The smallest absolute Gasteiger partial charge is 0.224 e. The summed E-state index contributed by atoms with van der Waals surface area (Å²) in [6.45, 7) is 2.83. The molecule has 0 saturated heterocycles. The average Bonchev–Trinajstić information content (AvgIpc) is 2.62. The molecular weight excluding hydrogens is 208 g/mol. The minimum atomic E-state index is 0.481. The lowest BCUT2D eigenvalue weighted by Gasteiger charge is -2.02. The highest BCUT2D eigenvalue weighted by Crippen LogP contribution is 2.15. The Balaban J connectivity index is 1.99. The molecule has 2 rings (SSSR count). The first-order valence-electron chi connectivity index (χ1n) is 4.62. The van der Waals surface area contributed by atoms with Crippen LogP contribution in [0, 0.1) is 6.92 Å². The molecule has 0 bridgehead atoms. The molecule has 0 aliphatic carbocycles. The summed E-state index contributed by atoms with van der Waals surface area (Å²) in [6.07, 6.45) is 1.64. The quantitative estimate of drug-likeness (QED) is 0.830. The maximum atomic E-state index is 5.54. The molecule has 0 saturated carbocycles. The fourth-order valence-electron chi connectivity index (χ4n) is 1.20. The lowest BCUT2D eigenvalue weighted by molar-refractivity contribution is 1.08. The second-order valence-electron chi connectivity index (χ2n) is 3.17. The summed E-state index contributed by atoms with van der Waals surface area (Å²) in [6, 6.07) is 5.86. The maximum absolute atomic E-state index is 5.54. The van der Waals surface area contributed by atoms with Gasteiger partial charge in [0.2, 0.25) is 5.95 Å². The Hall–Kier alpha value is -1.62. The number of nitrogens with zero attached hydrogens (tertiary/aromatic N) is 2. The summed E-state index contributed by atoms with van der Waals surface area (Å²) in [5, 5.41) is 3.12. The zero-order valence-corrected chi connectivity index (χ0v) is 9.21. The number of anilines is 2. The van der Waals surface area contributed by atoms with Gasteiger partial charge in [0, 0.05) is 16.0 Å². The van der Waals surface area contributed by atoms with E-state index in [-0.39, 0.29) is 0 Å². The van der Waals surface area contributed by atoms with Crippen molar-refractivity contribution in [2.24, 2.45) is 0 Å². The van der Waals surface area contributed by atoms with Gasteiger partial charge >= 0.3 is 0 Å². The molecule has 78 valence electrons. The van der Waals surface area contributed by atoms with Crippen LogP contribution >= 0.6 is 11.3 Å². The monoisotopic (exact) mass is 220 g/mol. The number of nitrogens with two attached hydrogens (primary N) is 1. The first-order valence-corrected chi connectivity index (χ1v) is 5.43. The molecule has 0 unspecified atom stereocenters. The largest absolute Gasteiger partial charge is 0.384 e. The van der Waals surface area contributed by atoms with Crippen molar-refractivity contribution in [1.29, 1.82) is 0 Å². The van der Waals surface area contributed by atoms with E-state index in [0.717, 1.165) is 6.54 Å². The number of rotatable bonds is 3. The van der Waals surface area contributed by atoms with E-state index in [0.29, 0.717) is 11.8 Å². The van der Waals surface area contributed by atoms with E-state index in [4.69, 9.17) is 5.73 Å². The van der Waals surface area contributed by atoms with Gasteiger partial charge in [0.25, 0.3) is 0 Å². The molecule has 0 spiro atoms. The molecular formula is C10H12N4S. The van der Waals surface area contributed by atoms with E-state index < -0.39 is 0 Å². The van der Waals surface area contributed by atoms with Crippen molar-refractivity contribution in [2.75, 3.05) is 11.1 Å². The van der Waals surface area contributed by atoms with Crippen LogP contribution in [-0.4, -0.2) is 9.97 Å². The summed E-state index contributed by atoms with van der Waals surface area (Å²) in [5.41, 5.74) is 5.54. The third-order valence-electron chi connectivity index (χ3n) is 1.89. The molecule has 0 aliphatic heterocycles. The van der Waals surface area contributed by atoms with Crippen LogP contribution in [0.15, 0.2) is 24.4 Å². The van der Waals surface area contributed by atoms with E-state index in [1.165, 1.54) is 9.75 Å². The summed E-state index contributed by atoms with van der Waals surface area (Å²) < 4.78 is 0. The first kappa shape index (κ1) is 9.92. The standard InChI is InChI=1S/C10H12N4S/c1-7-2-3-8(15-7)6-13-10-12-5-4-9(11)14-10/h2-5H,6H2,1H3,(H3,11,12,13,14). The van der Waals surface area contributed by atoms with E-state index >= 15 is 0 Å². The molecule has 0 amide bonds. The molecule has 3 N–H and O–H groups in total. The zero-order valence-electron chi connectivity index (χ0n) is 8.40. The third-order valence-corrected chi connectivity index (χ3v) is 2.89. The Bertz CT molecular complexity index is 452. The van der Waals surface area contributed by atoms with Crippen molar-refractivity contribution >= 4 is 23.1 Å². The summed E-state index contributed by atoms with van der Waals surface area (Å²) in [5.74, 6) is 1.05. The second-order valence-corrected chi connectivity index (χ2v) is 4.54. The second kappa shape index (κ2) is 4.27. The molecule has 2 aromatic rings. The molecule has 5 heteroatoms. The topological polar surface area (TPSA) is 63.8 Å². The van der Waals surface area contributed by atoms with Gasteiger partial charge in [0.15, 0.2) is 0 Å². The number of hydrogen-bond donors (Lipinski definition) is 2. The van der Waals surface area contributed by atoms with Gasteiger partial charge in [-0.1, -0.05) is 0 Å². The number of nitrogens with one attached hydrogen (secondary N) is 1. The molecule has 0 atom stereocenters. The maximum Gasteiger partial charge on any atom is 0.224 e. The van der Waals surface area contributed by atoms with Crippen LogP contribution < -0.4 is 11.1 Å². The van der Waals surface area contributed by atoms with Crippen LogP contribution in [0.3, 0.4) is 0 Å². The first-order chi connectivity index (χ1) is 7.24. The van der Waals surface area contributed by atoms with Crippen molar-refractivity contribution in [3.63, 3.8) is 0 Å². The molecule has 15 heavy (non-hydrogen) atoms. The molecule has 0 radical (unpaired) electrons. The summed E-state index contributed by atoms with van der Waals surface area (Å²) >= 11 is 1.76. The van der Waals surface area contributed by atoms with E-state index in [2.05, 4.69) is 34.3 Å². The van der Waals surface area contributed by atoms with Crippen LogP contribution in [0.4, 0.5) is 11.8 Å². The van der Waals surface area contributed by atoms with Gasteiger partial charge in [0.05, 0.1) is 6.54 Å². The van der Waals surface area contributed by atoms with Crippen LogP contribution in [-0.2, 0) is 6.54 Å². The van der Waals surface area contributed by atoms with Gasteiger partial charge in [-0.25, -0.2) is 4.98 Å². The van der Waals surface area contributed by atoms with E-state index in [1.54, 1.807) is 23.6 Å². The summed E-state index contributed by atoms with van der Waals surface area (Å²) in [7, 11) is 0. The van der Waals surface area contributed by atoms with Crippen LogP contribution in [0.2, 0.25) is 0 Å². The number of thiophene rings is 1. The highest BCUT2D eigenvalue weighted by Gasteiger charge is 1.98. The average molecular weight is 220 g/mol. The number of hydrogen-bond acceptors (Lipinski definition) is 5. The lowest BCUT2D eigenvalue weighted by atomic mass is 10.4. The highest BCUT2D eigenvalue weighted by molar-refractivity contribution is 7.11. The number of nitrogen functional groups attached to an aromatic ring is 1. The van der Waals surface area contributed by atoms with Gasteiger partial charge in [0.1, 0.15) is 5.82 Å². The van der Waals surface area contributed by atoms with Crippen molar-refractivity contribution in [3.8, 4) is 0 Å². The Morgan fingerprint density at radius 1 is 1.40 bits per heavy atom. The van der Waals surface area contributed by atoms with E-state index in [9.17, 15) is 0 Å². The molecule has 2 aromatic heterocycles. The predicted octanol–water partition coefficient (Wildman–Crippen LogP) is 2.04. The fourth-order valence-corrected chi connectivity index (χ4v) is 2.03. The van der Waals surface area contributed by atoms with Crippen LogP contribution in [0.1, 0.15) is 9.75 Å². The van der Waals surface area contributed by atoms with Crippen LogP contribution in [0.25, 0.3) is 0 Å². The van der Waals surface area contributed by atoms with E-state index in [1.807, 2.05) is 0 Å². The Labute approximate surface area is 92.2 Å². The minimum absolute atomic E-state index is 0.481. The molecule has 0 fully saturated rings. The normalized spacial score (nSPS) is 10.2. The Kier molecular flexibility index (Phi) is 2.82. The zero-order chi connectivity index (χ0) is 10.7. The van der Waals surface area contributed by atoms with Crippen LogP contribution in [0.5, 0.6) is 0 Å². The predicted molar refractivity (Wildman–Crippen MR) is 62.8 cm³/mol. The van der Waals surface area contributed by atoms with Gasteiger partial charge in [-0.3, -0.25) is 0 Å². The van der Waals surface area contributed by atoms with Gasteiger partial charge in [-0.05, 0) is 25.1 Å². The fraction of sp³-hybridized carbons (Fsp3) is 0.200. The number of aryl methyl sites for hydroxylation is 1. The van der Waals surface area contributed by atoms with Gasteiger partial charge in [-0.15, -0.1) is 11.3 Å². The Morgan fingerprint density at radius 2 is 2.27 bits per heavy atom. The summed E-state index contributed by atoms with van der Waals surface area (Å²) in [4.78, 5) is 10.7. The highest BCUT2D eigenvalue weighted by atomic mass is 32.1. The molecule has 0 aromatic carbocycles. The van der Waals surface area contributed by atoms with Crippen molar-refractivity contribution in [3.05, 3.63) is 34.2 Å². The van der Waals surface area contributed by atoms with Crippen molar-refractivity contribution in [1.82, 2.24) is 9.97 Å². The molecule has 2 heterocycles. The van der Waals surface area contributed by atoms with Crippen molar-refractivity contribution in [2.45, 2.75) is 13.5 Å². The number of aromatic nitrogens is 2. The van der Waals surface area contributed by atoms with Gasteiger partial charge < -0.3 is 11.1 Å². The Morgan fingerprint density at radius 3 is 2.93 bits per heavy atom. The van der Waals surface area contributed by atoms with Gasteiger partial charge in [-0.2, -0.15) is 4.98 Å². The third kappa shape index (κ3) is 2.66. The lowest BCUT2D eigenvalue weighted by Crippen LogP contribution is -2.03. The molecule has 4 nitrogen and oxygen atoms in total. The SMILES string of the molecule is Cc1ccc(CNc2nccc(N)n2)s1.